The Labute approximate surface area is 178 Å². The van der Waals surface area contributed by atoms with Crippen molar-refractivity contribution in [3.63, 3.8) is 0 Å². The van der Waals surface area contributed by atoms with E-state index in [1.54, 1.807) is 30.3 Å². The molecule has 1 aliphatic heterocycles. The van der Waals surface area contributed by atoms with Crippen LogP contribution in [0, 0.1) is 0 Å². The van der Waals surface area contributed by atoms with Crippen LogP contribution in [-0.4, -0.2) is 28.4 Å². The molecule has 1 unspecified atom stereocenters. The lowest BCUT2D eigenvalue weighted by atomic mass is 10.0. The summed E-state index contributed by atoms with van der Waals surface area (Å²) in [6.45, 7) is 0. The number of anilines is 1. The third-order valence-corrected chi connectivity index (χ3v) is 5.74. The van der Waals surface area contributed by atoms with Crippen molar-refractivity contribution < 1.29 is 31.4 Å². The van der Waals surface area contributed by atoms with Crippen LogP contribution in [0.5, 0.6) is 0 Å². The van der Waals surface area contributed by atoms with E-state index < -0.39 is 41.7 Å². The van der Waals surface area contributed by atoms with Crippen LogP contribution in [0.25, 0.3) is 10.9 Å². The van der Waals surface area contributed by atoms with E-state index in [2.05, 4.69) is 4.98 Å². The number of rotatable bonds is 3. The Hall–Kier alpha value is -3.01. The number of aliphatic hydroxyl groups excluding tert-OH is 1. The van der Waals surface area contributed by atoms with Crippen molar-refractivity contribution in [3.05, 3.63) is 76.1 Å². The van der Waals surface area contributed by atoms with Gasteiger partial charge in [0.05, 0.1) is 17.6 Å². The number of pyridine rings is 1. The lowest BCUT2D eigenvalue weighted by Crippen LogP contribution is -2.47. The molecule has 32 heavy (non-hydrogen) atoms. The zero-order valence-electron chi connectivity index (χ0n) is 16.4. The van der Waals surface area contributed by atoms with Crippen molar-refractivity contribution in [2.75, 3.05) is 4.90 Å². The lowest BCUT2D eigenvalue weighted by Gasteiger charge is -2.36. The Morgan fingerprint density at radius 3 is 2.28 bits per heavy atom. The number of benzene rings is 2. The number of nitrogens with zero attached hydrogens (tertiary/aromatic N) is 1. The highest BCUT2D eigenvalue weighted by Crippen LogP contribution is 2.45. The maximum absolute atomic E-state index is 13.6. The number of aromatic nitrogens is 1. The second-order valence-corrected chi connectivity index (χ2v) is 7.74. The van der Waals surface area contributed by atoms with E-state index in [-0.39, 0.29) is 29.4 Å². The summed E-state index contributed by atoms with van der Waals surface area (Å²) in [5, 5.41) is 9.68. The molecule has 2 N–H and O–H groups in total. The predicted molar refractivity (Wildman–Crippen MR) is 106 cm³/mol. The van der Waals surface area contributed by atoms with Gasteiger partial charge in [0.1, 0.15) is 0 Å². The average molecular weight is 456 g/mol. The van der Waals surface area contributed by atoms with Crippen molar-refractivity contribution in [1.29, 1.82) is 0 Å². The minimum Gasteiger partial charge on any atom is -0.382 e. The Kier molecular flexibility index (Phi) is 5.44. The average Bonchev–Trinajstić information content (AvgIpc) is 3.16. The summed E-state index contributed by atoms with van der Waals surface area (Å²) >= 11 is 0. The fraction of sp³-hybridized carbons (Fsp3) is 0.318. The van der Waals surface area contributed by atoms with Crippen LogP contribution in [0.3, 0.4) is 0 Å². The summed E-state index contributed by atoms with van der Waals surface area (Å²) in [6, 6.07) is 10.8. The number of nitrogens with one attached hydrogen (secondary N) is 1. The number of aromatic amines is 1. The van der Waals surface area contributed by atoms with Gasteiger partial charge in [0.25, 0.3) is 0 Å². The standard InChI is InChI=1S/C22H18F6N2O2/c23-21(24,25)15-11-19(31)29-16-7-6-13(10-14(15)16)30-17(12-4-2-1-3-5-12)8-9-18(30)20(32)22(26,27)28/h1-7,10-11,17-18,20,32H,8-9H2,(H,29,31)/t17-,18-,20?/m1/s1. The summed E-state index contributed by atoms with van der Waals surface area (Å²) in [7, 11) is 0. The molecule has 1 saturated heterocycles. The first-order valence-electron chi connectivity index (χ1n) is 9.79. The molecular formula is C22H18F6N2O2. The lowest BCUT2D eigenvalue weighted by molar-refractivity contribution is -0.209. The monoisotopic (exact) mass is 456 g/mol. The van der Waals surface area contributed by atoms with Gasteiger partial charge >= 0.3 is 12.4 Å². The van der Waals surface area contributed by atoms with Gasteiger partial charge in [-0.3, -0.25) is 4.79 Å². The second-order valence-electron chi connectivity index (χ2n) is 7.74. The molecule has 0 spiro atoms. The van der Waals surface area contributed by atoms with Crippen LogP contribution < -0.4 is 10.5 Å². The van der Waals surface area contributed by atoms with Gasteiger partial charge in [-0.1, -0.05) is 30.3 Å². The highest BCUT2D eigenvalue weighted by Gasteiger charge is 2.50. The van der Waals surface area contributed by atoms with Gasteiger partial charge in [-0.25, -0.2) is 0 Å². The summed E-state index contributed by atoms with van der Waals surface area (Å²) < 4.78 is 80.8. The van der Waals surface area contributed by atoms with Gasteiger partial charge in [0.2, 0.25) is 5.56 Å². The molecule has 2 aromatic carbocycles. The number of hydrogen-bond acceptors (Lipinski definition) is 3. The first-order chi connectivity index (χ1) is 15.0. The van der Waals surface area contributed by atoms with Gasteiger partial charge in [0.15, 0.2) is 6.10 Å². The number of H-pyrrole nitrogens is 1. The molecule has 1 aromatic heterocycles. The van der Waals surface area contributed by atoms with E-state index in [0.29, 0.717) is 11.6 Å². The van der Waals surface area contributed by atoms with E-state index >= 15 is 0 Å². The highest BCUT2D eigenvalue weighted by atomic mass is 19.4. The van der Waals surface area contributed by atoms with Crippen LogP contribution in [0.1, 0.15) is 30.0 Å². The van der Waals surface area contributed by atoms with Gasteiger partial charge < -0.3 is 15.0 Å². The molecule has 0 saturated carbocycles. The first-order valence-corrected chi connectivity index (χ1v) is 9.79. The predicted octanol–water partition coefficient (Wildman–Crippen LogP) is 5.18. The Bertz CT molecular complexity index is 1170. The molecule has 1 aliphatic rings. The van der Waals surface area contributed by atoms with Crippen LogP contribution in [0.2, 0.25) is 0 Å². The highest BCUT2D eigenvalue weighted by molar-refractivity contribution is 5.86. The zero-order chi connectivity index (χ0) is 23.3. The van der Waals surface area contributed by atoms with E-state index in [0.717, 1.165) is 6.07 Å². The third kappa shape index (κ3) is 4.06. The molecule has 3 atom stereocenters. The van der Waals surface area contributed by atoms with Gasteiger partial charge in [0, 0.05) is 22.7 Å². The molecule has 0 bridgehead atoms. The Morgan fingerprint density at radius 2 is 1.66 bits per heavy atom. The number of halogens is 6. The van der Waals surface area contributed by atoms with E-state index in [9.17, 15) is 36.2 Å². The second kappa shape index (κ2) is 7.84. The third-order valence-electron chi connectivity index (χ3n) is 5.74. The molecule has 0 radical (unpaired) electrons. The molecule has 4 rings (SSSR count). The van der Waals surface area contributed by atoms with Crippen molar-refractivity contribution in [2.24, 2.45) is 0 Å². The summed E-state index contributed by atoms with van der Waals surface area (Å²) in [5.41, 5.74) is -1.43. The topological polar surface area (TPSA) is 56.3 Å². The van der Waals surface area contributed by atoms with E-state index in [1.165, 1.54) is 17.0 Å². The Morgan fingerprint density at radius 1 is 0.969 bits per heavy atom. The fourth-order valence-electron chi connectivity index (χ4n) is 4.38. The summed E-state index contributed by atoms with van der Waals surface area (Å²) in [4.78, 5) is 15.3. The van der Waals surface area contributed by atoms with Gasteiger partial charge in [-0.15, -0.1) is 0 Å². The smallest absolute Gasteiger partial charge is 0.382 e. The molecule has 170 valence electrons. The molecule has 1 fully saturated rings. The molecule has 2 heterocycles. The van der Waals surface area contributed by atoms with Crippen molar-refractivity contribution in [3.8, 4) is 0 Å². The number of fused-ring (bicyclic) bond motifs is 1. The number of hydrogen-bond donors (Lipinski definition) is 2. The normalized spacial score (nSPS) is 20.7. The molecular weight excluding hydrogens is 438 g/mol. The maximum Gasteiger partial charge on any atom is 0.417 e. The van der Waals surface area contributed by atoms with Crippen molar-refractivity contribution in [1.82, 2.24) is 4.98 Å². The van der Waals surface area contributed by atoms with Crippen molar-refractivity contribution >= 4 is 16.6 Å². The molecule has 0 amide bonds. The van der Waals surface area contributed by atoms with Gasteiger partial charge in [-0.2, -0.15) is 26.3 Å². The van der Waals surface area contributed by atoms with Crippen LogP contribution in [0.4, 0.5) is 32.0 Å². The van der Waals surface area contributed by atoms with Crippen molar-refractivity contribution in [2.45, 2.75) is 43.4 Å². The van der Waals surface area contributed by atoms with Crippen LogP contribution in [-0.2, 0) is 6.18 Å². The zero-order valence-corrected chi connectivity index (χ0v) is 16.4. The minimum absolute atomic E-state index is 0.00394. The number of alkyl halides is 6. The van der Waals surface area contributed by atoms with Gasteiger partial charge in [-0.05, 0) is 36.6 Å². The number of aliphatic hydroxyl groups is 1. The fourth-order valence-corrected chi connectivity index (χ4v) is 4.38. The van der Waals surface area contributed by atoms with E-state index in [4.69, 9.17) is 0 Å². The maximum atomic E-state index is 13.6. The molecule has 4 nitrogen and oxygen atoms in total. The summed E-state index contributed by atoms with van der Waals surface area (Å²) in [5.74, 6) is 0. The summed E-state index contributed by atoms with van der Waals surface area (Å²) in [6.07, 6.45) is -12.1. The van der Waals surface area contributed by atoms with Crippen LogP contribution >= 0.6 is 0 Å². The SMILES string of the molecule is O=c1cc(C(F)(F)F)c2cc(N3[C@@H](c4ccccc4)CC[C@@H]3C(O)C(F)(F)F)ccc2[nH]1. The first kappa shape index (κ1) is 22.2. The molecule has 0 aliphatic carbocycles. The van der Waals surface area contributed by atoms with Crippen LogP contribution in [0.15, 0.2) is 59.4 Å². The quantitative estimate of drug-likeness (QED) is 0.534. The Balaban J connectivity index is 1.89. The van der Waals surface area contributed by atoms with E-state index in [1.807, 2.05) is 0 Å². The molecule has 3 aromatic rings. The minimum atomic E-state index is -4.90. The molecule has 10 heteroatoms. The largest absolute Gasteiger partial charge is 0.417 e.